The molecule has 1 fully saturated rings. The van der Waals surface area contributed by atoms with E-state index in [1.54, 1.807) is 17.8 Å². The van der Waals surface area contributed by atoms with Gasteiger partial charge in [0.1, 0.15) is 11.8 Å². The number of halogens is 1. The molecule has 1 aliphatic rings. The average molecular weight is 470 g/mol. The Morgan fingerprint density at radius 2 is 2.03 bits per heavy atom. The van der Waals surface area contributed by atoms with Crippen LogP contribution >= 0.6 is 11.6 Å². The Hall–Kier alpha value is -1.75. The summed E-state index contributed by atoms with van der Waals surface area (Å²) in [6.45, 7) is 13.0. The van der Waals surface area contributed by atoms with E-state index in [0.717, 1.165) is 0 Å². The summed E-state index contributed by atoms with van der Waals surface area (Å²) < 4.78 is 20.2. The van der Waals surface area contributed by atoms with Crippen molar-refractivity contribution in [2.75, 3.05) is 18.2 Å². The summed E-state index contributed by atoms with van der Waals surface area (Å²) in [5, 5.41) is -0.0331. The van der Waals surface area contributed by atoms with Gasteiger partial charge in [0, 0.05) is 11.8 Å². The van der Waals surface area contributed by atoms with Crippen molar-refractivity contribution in [1.82, 2.24) is 19.5 Å². The molecule has 172 valence electrons. The number of alkyl halides is 1. The number of carbonyl (C=O) groups excluding carboxylic acids is 1. The molecule has 1 saturated heterocycles. The first-order chi connectivity index (χ1) is 14.5. The van der Waals surface area contributed by atoms with Crippen molar-refractivity contribution in [2.45, 2.75) is 70.7 Å². The maximum absolute atomic E-state index is 12.4. The summed E-state index contributed by atoms with van der Waals surface area (Å²) in [6.07, 6.45) is 1.80. The molecule has 3 heterocycles. The lowest BCUT2D eigenvalue weighted by Gasteiger charge is -2.40. The van der Waals surface area contributed by atoms with E-state index in [1.165, 1.54) is 6.33 Å². The highest BCUT2D eigenvalue weighted by atomic mass is 35.5. The third kappa shape index (κ3) is 4.71. The maximum Gasteiger partial charge on any atom is 0.306 e. The number of nitrogens with two attached hydrogens (primary N) is 1. The van der Waals surface area contributed by atoms with Crippen LogP contribution in [0.1, 0.15) is 40.3 Å². The van der Waals surface area contributed by atoms with Gasteiger partial charge in [-0.25, -0.2) is 15.0 Å². The van der Waals surface area contributed by atoms with Gasteiger partial charge in [-0.2, -0.15) is 0 Å². The van der Waals surface area contributed by atoms with Crippen molar-refractivity contribution in [3.8, 4) is 0 Å². The molecule has 0 bridgehead atoms. The van der Waals surface area contributed by atoms with Gasteiger partial charge in [0.2, 0.25) is 0 Å². The fraction of sp³-hybridized carbons (Fsp3) is 0.700. The average Bonchev–Trinajstić information content (AvgIpc) is 3.23. The highest BCUT2D eigenvalue weighted by molar-refractivity contribution is 6.74. The first kappa shape index (κ1) is 23.9. The zero-order chi connectivity index (χ0) is 23.0. The fourth-order valence-corrected chi connectivity index (χ4v) is 5.16. The van der Waals surface area contributed by atoms with E-state index in [2.05, 4.69) is 48.8 Å². The third-order valence-corrected chi connectivity index (χ3v) is 11.0. The molecule has 2 aromatic rings. The molecule has 0 saturated carbocycles. The number of carbonyl (C=O) groups is 1. The highest BCUT2D eigenvalue weighted by Crippen LogP contribution is 2.45. The second-order valence-corrected chi connectivity index (χ2v) is 14.4. The lowest BCUT2D eigenvalue weighted by molar-refractivity contribution is -0.145. The smallest absolute Gasteiger partial charge is 0.306 e. The van der Waals surface area contributed by atoms with Crippen LogP contribution in [-0.2, 0) is 18.7 Å². The van der Waals surface area contributed by atoms with Crippen molar-refractivity contribution in [1.29, 1.82) is 0 Å². The first-order valence-corrected chi connectivity index (χ1v) is 13.9. The first-order valence-electron chi connectivity index (χ1n) is 10.5. The Morgan fingerprint density at radius 3 is 2.65 bits per heavy atom. The number of nitrogens with zero attached hydrogens (tertiary/aromatic N) is 4. The summed E-state index contributed by atoms with van der Waals surface area (Å²) in [6, 6.07) is 0. The summed E-state index contributed by atoms with van der Waals surface area (Å²) in [7, 11) is -2.22. The molecule has 4 atom stereocenters. The van der Waals surface area contributed by atoms with E-state index in [1.807, 2.05) is 0 Å². The molecular weight excluding hydrogens is 438 g/mol. The molecular formula is C20H32ClN5O4Si. The van der Waals surface area contributed by atoms with Crippen LogP contribution in [0.2, 0.25) is 18.1 Å². The number of anilines is 1. The molecule has 2 aromatic heterocycles. The largest absolute Gasteiger partial charge is 0.466 e. The Morgan fingerprint density at radius 1 is 1.32 bits per heavy atom. The van der Waals surface area contributed by atoms with Gasteiger partial charge < -0.3 is 19.6 Å². The van der Waals surface area contributed by atoms with Gasteiger partial charge in [0.25, 0.3) is 0 Å². The summed E-state index contributed by atoms with van der Waals surface area (Å²) in [5.41, 5.74) is 7.01. The molecule has 0 radical (unpaired) electrons. The highest BCUT2D eigenvalue weighted by Gasteiger charge is 2.51. The van der Waals surface area contributed by atoms with Gasteiger partial charge in [0.15, 0.2) is 26.0 Å². The number of aromatic nitrogens is 4. The lowest BCUT2D eigenvalue weighted by atomic mass is 9.95. The molecule has 0 unspecified atom stereocenters. The van der Waals surface area contributed by atoms with Crippen molar-refractivity contribution in [3.05, 3.63) is 12.7 Å². The normalized spacial score (nSPS) is 24.6. The molecule has 2 N–H and O–H groups in total. The molecule has 0 amide bonds. The number of esters is 1. The van der Waals surface area contributed by atoms with Crippen molar-refractivity contribution < 1.29 is 18.7 Å². The van der Waals surface area contributed by atoms with E-state index in [0.29, 0.717) is 23.6 Å². The van der Waals surface area contributed by atoms with Gasteiger partial charge in [-0.05, 0) is 25.1 Å². The van der Waals surface area contributed by atoms with Gasteiger partial charge >= 0.3 is 5.97 Å². The Kier molecular flexibility index (Phi) is 6.95. The van der Waals surface area contributed by atoms with E-state index in [4.69, 9.17) is 31.2 Å². The Balaban J connectivity index is 2.05. The molecule has 1 aliphatic heterocycles. The van der Waals surface area contributed by atoms with E-state index in [9.17, 15) is 4.79 Å². The zero-order valence-electron chi connectivity index (χ0n) is 19.0. The van der Waals surface area contributed by atoms with Crippen LogP contribution in [0.15, 0.2) is 12.7 Å². The SMILES string of the molecule is CCOC(=O)C[C@H]1[C@@H](O[Si](C)(C)C(C)(C)C)[C@H](n2cnc3c(N)ncnc32)O[C@@H]1CCl. The number of rotatable bonds is 7. The van der Waals surface area contributed by atoms with Crippen LogP contribution in [0.5, 0.6) is 0 Å². The standard InChI is InChI=1S/C20H32ClN5O4Si/c1-7-28-14(27)8-12-13(9-21)29-19(16(12)30-31(5,6)20(2,3)4)26-11-25-15-17(22)23-10-24-18(15)26/h10-13,16,19H,7-9H2,1-6H3,(H2,22,23,24)/t12-,13-,16-,19-/m1/s1. The topological polar surface area (TPSA) is 114 Å². The number of imidazole rings is 1. The Labute approximate surface area is 188 Å². The van der Waals surface area contributed by atoms with Crippen molar-refractivity contribution >= 4 is 42.9 Å². The minimum atomic E-state index is -2.22. The van der Waals surface area contributed by atoms with E-state index >= 15 is 0 Å². The van der Waals surface area contributed by atoms with Gasteiger partial charge in [0.05, 0.1) is 31.6 Å². The summed E-state index contributed by atoms with van der Waals surface area (Å²) >= 11 is 6.27. The molecule has 0 aromatic carbocycles. The molecule has 11 heteroatoms. The number of nitrogen functional groups attached to an aromatic ring is 1. The monoisotopic (exact) mass is 469 g/mol. The van der Waals surface area contributed by atoms with E-state index in [-0.39, 0.29) is 35.3 Å². The van der Waals surface area contributed by atoms with Crippen LogP contribution in [0, 0.1) is 5.92 Å². The van der Waals surface area contributed by atoms with Crippen LogP contribution < -0.4 is 5.73 Å². The van der Waals surface area contributed by atoms with Crippen molar-refractivity contribution in [2.24, 2.45) is 5.92 Å². The van der Waals surface area contributed by atoms with Crippen LogP contribution in [-0.4, -0.2) is 58.5 Å². The van der Waals surface area contributed by atoms with E-state index < -0.39 is 20.6 Å². The lowest BCUT2D eigenvalue weighted by Crippen LogP contribution is -2.47. The second-order valence-electron chi connectivity index (χ2n) is 9.32. The van der Waals surface area contributed by atoms with Gasteiger partial charge in [-0.15, -0.1) is 11.6 Å². The van der Waals surface area contributed by atoms with Gasteiger partial charge in [-0.3, -0.25) is 9.36 Å². The fourth-order valence-electron chi connectivity index (χ4n) is 3.53. The second kappa shape index (κ2) is 9.01. The molecule has 3 rings (SSSR count). The minimum Gasteiger partial charge on any atom is -0.466 e. The van der Waals surface area contributed by atoms with Crippen LogP contribution in [0.25, 0.3) is 11.2 Å². The number of ether oxygens (including phenoxy) is 2. The van der Waals surface area contributed by atoms with Crippen molar-refractivity contribution in [3.63, 3.8) is 0 Å². The number of hydrogen-bond acceptors (Lipinski definition) is 8. The quantitative estimate of drug-likeness (QED) is 0.372. The zero-order valence-corrected chi connectivity index (χ0v) is 20.7. The molecule has 31 heavy (non-hydrogen) atoms. The van der Waals surface area contributed by atoms with Crippen LogP contribution in [0.3, 0.4) is 0 Å². The molecule has 9 nitrogen and oxygen atoms in total. The number of hydrogen-bond donors (Lipinski definition) is 1. The third-order valence-electron chi connectivity index (χ3n) is 6.25. The summed E-state index contributed by atoms with van der Waals surface area (Å²) in [5.74, 6) is -0.0487. The minimum absolute atomic E-state index is 0.0331. The predicted molar refractivity (Wildman–Crippen MR) is 121 cm³/mol. The number of fused-ring (bicyclic) bond motifs is 1. The maximum atomic E-state index is 12.4. The van der Waals surface area contributed by atoms with Crippen LogP contribution in [0.4, 0.5) is 5.82 Å². The molecule has 0 aliphatic carbocycles. The molecule has 0 spiro atoms. The summed E-state index contributed by atoms with van der Waals surface area (Å²) in [4.78, 5) is 25.1. The van der Waals surface area contributed by atoms with Gasteiger partial charge in [-0.1, -0.05) is 20.8 Å². The Bertz CT molecular complexity index is 932. The predicted octanol–water partition coefficient (Wildman–Crippen LogP) is 3.50.